The number of carboxylic acids is 1. The molecule has 6 atom stereocenters. The number of carbonyl (C=O) groups excluding carboxylic acids is 3. The fraction of sp³-hybridized carbons (Fsp3) is 0.918. The van der Waals surface area contributed by atoms with Crippen molar-refractivity contribution in [1.29, 1.82) is 0 Å². The van der Waals surface area contributed by atoms with E-state index in [-0.39, 0.29) is 25.2 Å². The second kappa shape index (κ2) is 38.2. The van der Waals surface area contributed by atoms with Gasteiger partial charge < -0.3 is 40.7 Å². The Bertz CT molecular complexity index is 1110. The van der Waals surface area contributed by atoms with Crippen molar-refractivity contribution in [2.45, 2.75) is 276 Å². The van der Waals surface area contributed by atoms with E-state index in [0.717, 1.165) is 38.5 Å². The fourth-order valence-electron chi connectivity index (χ4n) is 8.42. The quantitative estimate of drug-likeness (QED) is 0.0326. The molecule has 0 aliphatic carbocycles. The lowest BCUT2D eigenvalue weighted by Gasteiger charge is -2.47. The molecule has 0 unspecified atom stereocenters. The van der Waals surface area contributed by atoms with Crippen LogP contribution in [0.3, 0.4) is 0 Å². The molecule has 1 heterocycles. The lowest BCUT2D eigenvalue weighted by Crippen LogP contribution is -2.69. The number of nitrogens with one attached hydrogen (secondary N) is 2. The van der Waals surface area contributed by atoms with Crippen LogP contribution in [-0.2, 0) is 23.9 Å². The maximum Gasteiger partial charge on any atom is 0.303 e. The van der Waals surface area contributed by atoms with E-state index >= 15 is 0 Å². The highest BCUT2D eigenvalue weighted by Gasteiger charge is 2.48. The van der Waals surface area contributed by atoms with Gasteiger partial charge in [0.15, 0.2) is 6.23 Å². The molecule has 1 rings (SSSR count). The number of nitrogens with zero attached hydrogens (tertiary/aromatic N) is 1. The van der Waals surface area contributed by atoms with E-state index in [1.54, 1.807) is 4.90 Å². The molecule has 0 aromatic heterocycles. The summed E-state index contributed by atoms with van der Waals surface area (Å²) in [6.45, 7) is 5.68. The van der Waals surface area contributed by atoms with E-state index in [1.165, 1.54) is 155 Å². The van der Waals surface area contributed by atoms with Crippen molar-refractivity contribution in [2.24, 2.45) is 0 Å². The Labute approximate surface area is 371 Å². The molecule has 6 N–H and O–H groups in total. The van der Waals surface area contributed by atoms with Gasteiger partial charge in [-0.1, -0.05) is 200 Å². The van der Waals surface area contributed by atoms with E-state index in [0.29, 0.717) is 19.4 Å². The van der Waals surface area contributed by atoms with Gasteiger partial charge in [-0.05, 0) is 19.8 Å². The van der Waals surface area contributed by atoms with Crippen molar-refractivity contribution in [1.82, 2.24) is 15.5 Å². The van der Waals surface area contributed by atoms with Crippen molar-refractivity contribution >= 4 is 23.7 Å². The standard InChI is InChI=1S/C49H93N3O9/c1-4-6-8-10-12-14-16-18-20-22-24-26-28-30-32-34-38-52(43(55)35-33-31-29-27-25-23-21-19-17-15-13-11-9-7-5-2)49-45(47(59)46(58)41(39-53)61-49)51-48(60)40(3)50-42(54)36-37-44(56)57/h40-41,45-47,49,53,58-59H,4-39H2,1-3H3,(H,50,54)(H,51,60)(H,56,57)/t40-,41+,45-,46+,47+,49+/m0/s1. The Morgan fingerprint density at radius 1 is 0.557 bits per heavy atom. The first-order chi connectivity index (χ1) is 29.6. The zero-order chi connectivity index (χ0) is 44.9. The van der Waals surface area contributed by atoms with Gasteiger partial charge in [0, 0.05) is 19.4 Å². The first kappa shape index (κ1) is 56.7. The monoisotopic (exact) mass is 868 g/mol. The molecule has 61 heavy (non-hydrogen) atoms. The Morgan fingerprint density at radius 3 is 1.34 bits per heavy atom. The second-order valence-corrected chi connectivity index (χ2v) is 18.0. The van der Waals surface area contributed by atoms with Crippen LogP contribution >= 0.6 is 0 Å². The summed E-state index contributed by atoms with van der Waals surface area (Å²) in [5.41, 5.74) is 0. The molecule has 1 aliphatic rings. The number of amides is 3. The molecule has 0 spiro atoms. The summed E-state index contributed by atoms with van der Waals surface area (Å²) in [6, 6.07) is -2.33. The minimum absolute atomic E-state index is 0.171. The van der Waals surface area contributed by atoms with Gasteiger partial charge in [-0.15, -0.1) is 0 Å². The van der Waals surface area contributed by atoms with Crippen LogP contribution in [-0.4, -0.2) is 98.8 Å². The minimum Gasteiger partial charge on any atom is -0.481 e. The Hall–Kier alpha value is -2.28. The summed E-state index contributed by atoms with van der Waals surface area (Å²) in [6.07, 6.45) is 32.0. The maximum atomic E-state index is 14.0. The number of rotatable bonds is 41. The average Bonchev–Trinajstić information content (AvgIpc) is 3.24. The molecule has 0 bridgehead atoms. The van der Waals surface area contributed by atoms with Crippen LogP contribution in [0.4, 0.5) is 0 Å². The van der Waals surface area contributed by atoms with Gasteiger partial charge in [0.05, 0.1) is 13.0 Å². The summed E-state index contributed by atoms with van der Waals surface area (Å²) in [5.74, 6) is -2.61. The highest BCUT2D eigenvalue weighted by Crippen LogP contribution is 2.26. The highest BCUT2D eigenvalue weighted by molar-refractivity contribution is 5.88. The highest BCUT2D eigenvalue weighted by atomic mass is 16.5. The molecular weight excluding hydrogens is 775 g/mol. The van der Waals surface area contributed by atoms with Crippen LogP contribution in [0, 0.1) is 0 Å². The fourth-order valence-corrected chi connectivity index (χ4v) is 8.42. The molecule has 1 saturated heterocycles. The van der Waals surface area contributed by atoms with Crippen LogP contribution in [0.5, 0.6) is 0 Å². The zero-order valence-corrected chi connectivity index (χ0v) is 39.2. The summed E-state index contributed by atoms with van der Waals surface area (Å²) < 4.78 is 6.13. The SMILES string of the molecule is CCCCCCCCCCCCCCCCCCN(C(=O)CCCCCCCCCCCCCCCCC)[C@@H]1O[C@H](CO)[C@@H](O)[C@H](O)[C@@H]1NC(=O)[C@H](C)NC(=O)CCC(=O)O. The molecule has 12 heteroatoms. The third kappa shape index (κ3) is 28.2. The smallest absolute Gasteiger partial charge is 0.303 e. The number of aliphatic carboxylic acids is 1. The largest absolute Gasteiger partial charge is 0.481 e. The topological polar surface area (TPSA) is 186 Å². The van der Waals surface area contributed by atoms with Crippen molar-refractivity contribution in [3.05, 3.63) is 0 Å². The number of unbranched alkanes of at least 4 members (excludes halogenated alkanes) is 29. The van der Waals surface area contributed by atoms with E-state index in [1.807, 2.05) is 0 Å². The number of carboxylic acid groups (broad SMARTS) is 1. The number of hydrogen-bond acceptors (Lipinski definition) is 8. The van der Waals surface area contributed by atoms with Crippen LogP contribution in [0.25, 0.3) is 0 Å². The molecular formula is C49H93N3O9. The lowest BCUT2D eigenvalue weighted by atomic mass is 9.94. The minimum atomic E-state index is -1.57. The van der Waals surface area contributed by atoms with Crippen molar-refractivity contribution in [2.75, 3.05) is 13.2 Å². The van der Waals surface area contributed by atoms with Gasteiger partial charge in [0.2, 0.25) is 17.7 Å². The number of hydrogen-bond donors (Lipinski definition) is 6. The van der Waals surface area contributed by atoms with E-state index in [9.17, 15) is 34.5 Å². The van der Waals surface area contributed by atoms with E-state index in [4.69, 9.17) is 9.84 Å². The van der Waals surface area contributed by atoms with E-state index in [2.05, 4.69) is 24.5 Å². The van der Waals surface area contributed by atoms with Crippen LogP contribution in [0.1, 0.15) is 239 Å². The van der Waals surface area contributed by atoms with Crippen LogP contribution in [0.2, 0.25) is 0 Å². The zero-order valence-electron chi connectivity index (χ0n) is 39.2. The number of aliphatic hydroxyl groups is 3. The van der Waals surface area contributed by atoms with Gasteiger partial charge in [-0.25, -0.2) is 0 Å². The molecule has 0 saturated carbocycles. The normalized spacial score (nSPS) is 19.4. The molecule has 1 fully saturated rings. The lowest BCUT2D eigenvalue weighted by molar-refractivity contribution is -0.231. The molecule has 0 aromatic rings. The summed E-state index contributed by atoms with van der Waals surface area (Å²) in [7, 11) is 0. The second-order valence-electron chi connectivity index (χ2n) is 18.0. The Kier molecular flexibility index (Phi) is 35.5. The third-order valence-corrected chi connectivity index (χ3v) is 12.4. The van der Waals surface area contributed by atoms with Crippen molar-refractivity contribution in [3.8, 4) is 0 Å². The van der Waals surface area contributed by atoms with Crippen LogP contribution < -0.4 is 10.6 Å². The van der Waals surface area contributed by atoms with Gasteiger partial charge in [-0.2, -0.15) is 0 Å². The van der Waals surface area contributed by atoms with Gasteiger partial charge in [0.1, 0.15) is 30.4 Å². The van der Waals surface area contributed by atoms with Crippen LogP contribution in [0.15, 0.2) is 0 Å². The molecule has 358 valence electrons. The van der Waals surface area contributed by atoms with Crippen molar-refractivity contribution < 1.29 is 44.3 Å². The molecule has 3 amide bonds. The first-order valence-corrected chi connectivity index (χ1v) is 25.3. The summed E-state index contributed by atoms with van der Waals surface area (Å²) >= 11 is 0. The van der Waals surface area contributed by atoms with Gasteiger partial charge in [0.25, 0.3) is 0 Å². The molecule has 0 aromatic carbocycles. The number of carbonyl (C=O) groups is 4. The average molecular weight is 868 g/mol. The Morgan fingerprint density at radius 2 is 0.951 bits per heavy atom. The summed E-state index contributed by atoms with van der Waals surface area (Å²) in [4.78, 5) is 52.1. The number of aliphatic hydroxyl groups excluding tert-OH is 3. The van der Waals surface area contributed by atoms with Gasteiger partial charge >= 0.3 is 5.97 Å². The maximum absolute atomic E-state index is 14.0. The molecule has 12 nitrogen and oxygen atoms in total. The third-order valence-electron chi connectivity index (χ3n) is 12.4. The molecule has 1 aliphatic heterocycles. The Balaban J connectivity index is 2.74. The van der Waals surface area contributed by atoms with Crippen molar-refractivity contribution in [3.63, 3.8) is 0 Å². The predicted octanol–water partition coefficient (Wildman–Crippen LogP) is 9.63. The van der Waals surface area contributed by atoms with E-state index < -0.39 is 61.0 Å². The van der Waals surface area contributed by atoms with Gasteiger partial charge in [-0.3, -0.25) is 19.2 Å². The first-order valence-electron chi connectivity index (χ1n) is 25.3. The number of ether oxygens (including phenoxy) is 1. The molecule has 0 radical (unpaired) electrons. The predicted molar refractivity (Wildman–Crippen MR) is 245 cm³/mol. The summed E-state index contributed by atoms with van der Waals surface area (Å²) in [5, 5.41) is 46.3.